The van der Waals surface area contributed by atoms with E-state index in [0.29, 0.717) is 33.3 Å². The quantitative estimate of drug-likeness (QED) is 0.449. The first-order chi connectivity index (χ1) is 14.7. The van der Waals surface area contributed by atoms with Crippen LogP contribution in [-0.4, -0.2) is 33.8 Å². The molecule has 1 saturated heterocycles. The average Bonchev–Trinajstić information content (AvgIpc) is 3.44. The topological polar surface area (TPSA) is 71.1 Å². The van der Waals surface area contributed by atoms with Gasteiger partial charge in [-0.3, -0.25) is 4.79 Å². The van der Waals surface area contributed by atoms with Crippen LogP contribution in [0.5, 0.6) is 11.5 Å². The van der Waals surface area contributed by atoms with Crippen LogP contribution in [0, 0.1) is 0 Å². The fourth-order valence-electron chi connectivity index (χ4n) is 3.81. The Bertz CT molecular complexity index is 1220. The molecule has 0 aliphatic carbocycles. The highest BCUT2D eigenvalue weighted by Gasteiger charge is 2.24. The van der Waals surface area contributed by atoms with Crippen molar-refractivity contribution in [2.75, 3.05) is 18.0 Å². The third-order valence-electron chi connectivity index (χ3n) is 5.26. The predicted molar refractivity (Wildman–Crippen MR) is 117 cm³/mol. The van der Waals surface area contributed by atoms with Gasteiger partial charge in [-0.05, 0) is 37.1 Å². The molecule has 0 saturated carbocycles. The molecule has 4 aromatic rings. The van der Waals surface area contributed by atoms with E-state index in [1.807, 2.05) is 30.3 Å². The Balaban J connectivity index is 1.49. The van der Waals surface area contributed by atoms with Crippen LogP contribution < -0.4 is 9.64 Å². The molecule has 2 aromatic carbocycles. The molecule has 1 aliphatic heterocycles. The number of ketones is 1. The normalized spacial score (nSPS) is 13.7. The molecule has 7 heteroatoms. The Labute approximate surface area is 178 Å². The third-order valence-corrected chi connectivity index (χ3v) is 5.58. The number of para-hydroxylation sites is 1. The molecule has 1 aliphatic rings. The van der Waals surface area contributed by atoms with E-state index in [9.17, 15) is 4.79 Å². The molecule has 2 aromatic heterocycles. The van der Waals surface area contributed by atoms with Crippen molar-refractivity contribution in [3.8, 4) is 11.5 Å². The summed E-state index contributed by atoms with van der Waals surface area (Å²) in [5.41, 5.74) is 1.58. The molecule has 5 rings (SSSR count). The van der Waals surface area contributed by atoms with E-state index in [1.54, 1.807) is 24.4 Å². The molecule has 6 nitrogen and oxygen atoms in total. The first kappa shape index (κ1) is 18.6. The molecule has 3 heterocycles. The zero-order valence-electron chi connectivity index (χ0n) is 16.1. The number of hydrogen-bond acceptors (Lipinski definition) is 5. The minimum atomic E-state index is -0.173. The molecule has 1 fully saturated rings. The van der Waals surface area contributed by atoms with E-state index in [2.05, 4.69) is 19.9 Å². The predicted octanol–water partition coefficient (Wildman–Crippen LogP) is 5.23. The number of H-pyrrole nitrogens is 1. The van der Waals surface area contributed by atoms with Crippen LogP contribution in [-0.2, 0) is 0 Å². The van der Waals surface area contributed by atoms with Gasteiger partial charge in [0.2, 0.25) is 0 Å². The van der Waals surface area contributed by atoms with Crippen LogP contribution in [0.1, 0.15) is 28.8 Å². The summed E-state index contributed by atoms with van der Waals surface area (Å²) in [5.74, 6) is 1.90. The third kappa shape index (κ3) is 3.39. The second-order valence-corrected chi connectivity index (χ2v) is 7.61. The minimum Gasteiger partial charge on any atom is -0.457 e. The van der Waals surface area contributed by atoms with E-state index in [4.69, 9.17) is 16.3 Å². The summed E-state index contributed by atoms with van der Waals surface area (Å²) in [4.78, 5) is 27.4. The van der Waals surface area contributed by atoms with Crippen LogP contribution in [0.2, 0.25) is 5.02 Å². The van der Waals surface area contributed by atoms with Crippen molar-refractivity contribution in [2.45, 2.75) is 12.8 Å². The number of rotatable bonds is 5. The van der Waals surface area contributed by atoms with Crippen LogP contribution >= 0.6 is 11.6 Å². The van der Waals surface area contributed by atoms with Gasteiger partial charge in [0.05, 0.1) is 16.0 Å². The summed E-state index contributed by atoms with van der Waals surface area (Å²) in [6, 6.07) is 14.5. The second-order valence-electron chi connectivity index (χ2n) is 7.20. The van der Waals surface area contributed by atoms with Gasteiger partial charge in [0.15, 0.2) is 5.78 Å². The number of carbonyl (C=O) groups is 1. The molecule has 0 bridgehead atoms. The number of hydrogen-bond donors (Lipinski definition) is 1. The van der Waals surface area contributed by atoms with E-state index in [-0.39, 0.29) is 5.78 Å². The maximum absolute atomic E-state index is 13.4. The zero-order valence-corrected chi connectivity index (χ0v) is 16.9. The number of ether oxygens (including phenoxy) is 1. The number of halogens is 1. The molecule has 30 heavy (non-hydrogen) atoms. The van der Waals surface area contributed by atoms with Crippen molar-refractivity contribution in [3.63, 3.8) is 0 Å². The lowest BCUT2D eigenvalue weighted by Gasteiger charge is -2.17. The zero-order chi connectivity index (χ0) is 20.5. The van der Waals surface area contributed by atoms with Crippen molar-refractivity contribution < 1.29 is 9.53 Å². The smallest absolute Gasteiger partial charge is 0.196 e. The summed E-state index contributed by atoms with van der Waals surface area (Å²) >= 11 is 6.47. The van der Waals surface area contributed by atoms with E-state index in [0.717, 1.165) is 37.1 Å². The molecule has 0 spiro atoms. The Morgan fingerprint density at radius 2 is 1.80 bits per heavy atom. The van der Waals surface area contributed by atoms with Gasteiger partial charge in [0.25, 0.3) is 0 Å². The van der Waals surface area contributed by atoms with Crippen molar-refractivity contribution in [1.82, 2.24) is 15.0 Å². The number of aromatic amines is 1. The van der Waals surface area contributed by atoms with Gasteiger partial charge in [-0.25, -0.2) is 9.97 Å². The number of benzene rings is 2. The largest absolute Gasteiger partial charge is 0.457 e. The van der Waals surface area contributed by atoms with Crippen molar-refractivity contribution in [3.05, 3.63) is 77.2 Å². The standard InChI is InChI=1S/C23H19ClN4O2/c24-19-12-16(30-15-6-2-1-3-7-15)8-9-17(19)21(29)18-13-25-22-20(18)23(27-14-26-22)28-10-4-5-11-28/h1-3,6-9,12-14H,4-5,10-11H2,(H,25,26,27). The highest BCUT2D eigenvalue weighted by Crippen LogP contribution is 2.33. The van der Waals surface area contributed by atoms with Gasteiger partial charge in [-0.1, -0.05) is 29.8 Å². The van der Waals surface area contributed by atoms with Gasteiger partial charge in [-0.15, -0.1) is 0 Å². The van der Waals surface area contributed by atoms with Crippen LogP contribution in [0.3, 0.4) is 0 Å². The summed E-state index contributed by atoms with van der Waals surface area (Å²) in [7, 11) is 0. The Hall–Kier alpha value is -3.38. The van der Waals surface area contributed by atoms with Crippen molar-refractivity contribution >= 4 is 34.2 Å². The van der Waals surface area contributed by atoms with Gasteiger partial charge in [0, 0.05) is 30.9 Å². The number of carbonyl (C=O) groups excluding carboxylic acids is 1. The maximum atomic E-state index is 13.4. The Kier molecular flexibility index (Phi) is 4.85. The van der Waals surface area contributed by atoms with E-state index >= 15 is 0 Å². The van der Waals surface area contributed by atoms with Gasteiger partial charge >= 0.3 is 0 Å². The summed E-state index contributed by atoms with van der Waals surface area (Å²) in [5, 5.41) is 1.08. The van der Waals surface area contributed by atoms with Crippen molar-refractivity contribution in [1.29, 1.82) is 0 Å². The molecule has 1 N–H and O–H groups in total. The lowest BCUT2D eigenvalue weighted by molar-refractivity contribution is 0.104. The lowest BCUT2D eigenvalue weighted by Crippen LogP contribution is -2.19. The SMILES string of the molecule is O=C(c1ccc(Oc2ccccc2)cc1Cl)c1c[nH]c2ncnc(N3CCCC3)c12. The number of nitrogens with zero attached hydrogens (tertiary/aromatic N) is 3. The van der Waals surface area contributed by atoms with Gasteiger partial charge in [-0.2, -0.15) is 0 Å². The Morgan fingerprint density at radius 3 is 2.57 bits per heavy atom. The van der Waals surface area contributed by atoms with Crippen LogP contribution in [0.4, 0.5) is 5.82 Å². The highest BCUT2D eigenvalue weighted by molar-refractivity contribution is 6.35. The lowest BCUT2D eigenvalue weighted by atomic mass is 10.0. The average molecular weight is 419 g/mol. The van der Waals surface area contributed by atoms with Crippen LogP contribution in [0.25, 0.3) is 11.0 Å². The van der Waals surface area contributed by atoms with Crippen molar-refractivity contribution in [2.24, 2.45) is 0 Å². The Morgan fingerprint density at radius 1 is 1.00 bits per heavy atom. The van der Waals surface area contributed by atoms with Gasteiger partial charge in [0.1, 0.15) is 29.3 Å². The number of fused-ring (bicyclic) bond motifs is 1. The van der Waals surface area contributed by atoms with E-state index < -0.39 is 0 Å². The molecule has 0 amide bonds. The van der Waals surface area contributed by atoms with E-state index in [1.165, 1.54) is 6.33 Å². The first-order valence-electron chi connectivity index (χ1n) is 9.85. The molecule has 0 atom stereocenters. The molecule has 150 valence electrons. The summed E-state index contributed by atoms with van der Waals surface area (Å²) in [6.45, 7) is 1.86. The summed E-state index contributed by atoms with van der Waals surface area (Å²) in [6.07, 6.45) is 5.46. The first-order valence-corrected chi connectivity index (χ1v) is 10.2. The number of aromatic nitrogens is 3. The second kappa shape index (κ2) is 7.80. The molecule has 0 radical (unpaired) electrons. The highest BCUT2D eigenvalue weighted by atomic mass is 35.5. The molecule has 0 unspecified atom stereocenters. The minimum absolute atomic E-state index is 0.173. The number of anilines is 1. The molecular formula is C23H19ClN4O2. The van der Waals surface area contributed by atoms with Gasteiger partial charge < -0.3 is 14.6 Å². The monoisotopic (exact) mass is 418 g/mol. The number of nitrogens with one attached hydrogen (secondary N) is 1. The fraction of sp³-hybridized carbons (Fsp3) is 0.174. The summed E-state index contributed by atoms with van der Waals surface area (Å²) < 4.78 is 5.81. The maximum Gasteiger partial charge on any atom is 0.196 e. The fourth-order valence-corrected chi connectivity index (χ4v) is 4.06. The van der Waals surface area contributed by atoms with Crippen LogP contribution in [0.15, 0.2) is 61.1 Å². The molecular weight excluding hydrogens is 400 g/mol.